The second-order valence-corrected chi connectivity index (χ2v) is 6.34. The number of ether oxygens (including phenoxy) is 2. The molecule has 2 aliphatic heterocycles. The number of carbonyl (C=O) groups is 1. The van der Waals surface area contributed by atoms with Crippen LogP contribution in [0.15, 0.2) is 18.2 Å². The Morgan fingerprint density at radius 1 is 1.32 bits per heavy atom. The third-order valence-corrected chi connectivity index (χ3v) is 4.72. The smallest absolute Gasteiger partial charge is 0.253 e. The van der Waals surface area contributed by atoms with Crippen LogP contribution in [-0.2, 0) is 9.47 Å². The summed E-state index contributed by atoms with van der Waals surface area (Å²) >= 11 is 5.94. The van der Waals surface area contributed by atoms with E-state index in [0.29, 0.717) is 25.4 Å². The van der Waals surface area contributed by atoms with Gasteiger partial charge in [0, 0.05) is 25.9 Å². The summed E-state index contributed by atoms with van der Waals surface area (Å²) in [6.07, 6.45) is 3.27. The molecule has 2 fully saturated rings. The molecule has 4 nitrogen and oxygen atoms in total. The number of hydrogen-bond acceptors (Lipinski definition) is 3. The maximum atomic E-state index is 13.1. The number of nitrogens with one attached hydrogen (secondary N) is 1. The van der Waals surface area contributed by atoms with E-state index in [-0.39, 0.29) is 22.6 Å². The van der Waals surface area contributed by atoms with Crippen molar-refractivity contribution in [2.24, 2.45) is 0 Å². The van der Waals surface area contributed by atoms with E-state index < -0.39 is 5.82 Å². The van der Waals surface area contributed by atoms with Crippen LogP contribution in [0.1, 0.15) is 36.0 Å². The van der Waals surface area contributed by atoms with Crippen LogP contribution in [0.25, 0.3) is 0 Å². The SMILES string of the molecule is O=C(N[C@H]1CCOC2(CCOCC2)C1)c1ccc(F)cc1Cl. The summed E-state index contributed by atoms with van der Waals surface area (Å²) < 4.78 is 24.4. The lowest BCUT2D eigenvalue weighted by Crippen LogP contribution is -2.51. The molecule has 2 saturated heterocycles. The molecular weight excluding hydrogens is 309 g/mol. The molecule has 6 heteroatoms. The molecule has 0 aromatic heterocycles. The minimum Gasteiger partial charge on any atom is -0.381 e. The first-order valence-electron chi connectivity index (χ1n) is 7.56. The van der Waals surface area contributed by atoms with E-state index in [4.69, 9.17) is 21.1 Å². The van der Waals surface area contributed by atoms with Crippen molar-refractivity contribution in [2.75, 3.05) is 19.8 Å². The molecule has 1 amide bonds. The highest BCUT2D eigenvalue weighted by molar-refractivity contribution is 6.33. The molecule has 1 aromatic carbocycles. The standard InChI is InChI=1S/C16H19ClFNO3/c17-14-9-11(18)1-2-13(14)15(20)19-12-3-6-22-16(10-12)4-7-21-8-5-16/h1-2,9,12H,3-8,10H2,(H,19,20)/t12-/m0/s1. The zero-order valence-corrected chi connectivity index (χ0v) is 13.0. The summed E-state index contributed by atoms with van der Waals surface area (Å²) in [6, 6.07) is 3.85. The van der Waals surface area contributed by atoms with Gasteiger partial charge in [-0.15, -0.1) is 0 Å². The van der Waals surface area contributed by atoms with E-state index in [0.717, 1.165) is 31.7 Å². The van der Waals surface area contributed by atoms with Gasteiger partial charge in [0.2, 0.25) is 0 Å². The Kier molecular flexibility index (Phi) is 4.66. The van der Waals surface area contributed by atoms with E-state index in [9.17, 15) is 9.18 Å². The van der Waals surface area contributed by atoms with Crippen LogP contribution in [0, 0.1) is 5.82 Å². The Labute approximate surface area is 133 Å². The highest BCUT2D eigenvalue weighted by atomic mass is 35.5. The molecule has 120 valence electrons. The molecule has 0 unspecified atom stereocenters. The van der Waals surface area contributed by atoms with Crippen molar-refractivity contribution < 1.29 is 18.7 Å². The third-order valence-electron chi connectivity index (χ3n) is 4.41. The normalized spacial score (nSPS) is 24.2. The first-order valence-corrected chi connectivity index (χ1v) is 7.93. The highest BCUT2D eigenvalue weighted by Gasteiger charge is 2.39. The van der Waals surface area contributed by atoms with E-state index in [1.54, 1.807) is 0 Å². The van der Waals surface area contributed by atoms with Gasteiger partial charge in [-0.25, -0.2) is 4.39 Å². The van der Waals surface area contributed by atoms with Crippen LogP contribution in [0.5, 0.6) is 0 Å². The fraction of sp³-hybridized carbons (Fsp3) is 0.562. The molecule has 1 N–H and O–H groups in total. The summed E-state index contributed by atoms with van der Waals surface area (Å²) in [5.41, 5.74) is 0.122. The Bertz CT molecular complexity index is 555. The monoisotopic (exact) mass is 327 g/mol. The van der Waals surface area contributed by atoms with Crippen LogP contribution >= 0.6 is 11.6 Å². The van der Waals surface area contributed by atoms with Gasteiger partial charge in [0.1, 0.15) is 5.82 Å². The van der Waals surface area contributed by atoms with Gasteiger partial charge < -0.3 is 14.8 Å². The average molecular weight is 328 g/mol. The van der Waals surface area contributed by atoms with Crippen molar-refractivity contribution in [1.29, 1.82) is 0 Å². The van der Waals surface area contributed by atoms with Crippen molar-refractivity contribution in [2.45, 2.75) is 37.3 Å². The van der Waals surface area contributed by atoms with Gasteiger partial charge in [-0.05, 0) is 43.9 Å². The van der Waals surface area contributed by atoms with Crippen LogP contribution in [0.3, 0.4) is 0 Å². The summed E-state index contributed by atoms with van der Waals surface area (Å²) in [7, 11) is 0. The van der Waals surface area contributed by atoms with E-state index in [2.05, 4.69) is 5.32 Å². The average Bonchev–Trinajstić information content (AvgIpc) is 2.48. The summed E-state index contributed by atoms with van der Waals surface area (Å²) in [4.78, 5) is 12.3. The van der Waals surface area contributed by atoms with Crippen molar-refractivity contribution in [3.8, 4) is 0 Å². The fourth-order valence-electron chi connectivity index (χ4n) is 3.18. The second-order valence-electron chi connectivity index (χ2n) is 5.93. The molecule has 0 saturated carbocycles. The minimum absolute atomic E-state index is 0.0421. The molecular formula is C16H19ClFNO3. The molecule has 22 heavy (non-hydrogen) atoms. The van der Waals surface area contributed by atoms with Crippen molar-refractivity contribution in [3.63, 3.8) is 0 Å². The van der Waals surface area contributed by atoms with Gasteiger partial charge in [-0.3, -0.25) is 4.79 Å². The number of amides is 1. The van der Waals surface area contributed by atoms with Crippen LogP contribution < -0.4 is 5.32 Å². The topological polar surface area (TPSA) is 47.6 Å². The maximum Gasteiger partial charge on any atom is 0.253 e. The highest BCUT2D eigenvalue weighted by Crippen LogP contribution is 2.34. The summed E-state index contributed by atoms with van der Waals surface area (Å²) in [5.74, 6) is -0.715. The lowest BCUT2D eigenvalue weighted by Gasteiger charge is -2.43. The van der Waals surface area contributed by atoms with Gasteiger partial charge in [0.05, 0.1) is 16.2 Å². The van der Waals surface area contributed by atoms with Gasteiger partial charge in [0.15, 0.2) is 0 Å². The molecule has 1 spiro atoms. The number of hydrogen-bond donors (Lipinski definition) is 1. The van der Waals surface area contributed by atoms with Crippen LogP contribution in [-0.4, -0.2) is 37.4 Å². The molecule has 0 radical (unpaired) electrons. The largest absolute Gasteiger partial charge is 0.381 e. The fourth-order valence-corrected chi connectivity index (χ4v) is 3.43. The van der Waals surface area contributed by atoms with Crippen molar-refractivity contribution in [3.05, 3.63) is 34.6 Å². The lowest BCUT2D eigenvalue weighted by molar-refractivity contribution is -0.139. The van der Waals surface area contributed by atoms with Gasteiger partial charge >= 0.3 is 0 Å². The molecule has 0 aliphatic carbocycles. The Hall–Kier alpha value is -1.17. The second kappa shape index (κ2) is 6.52. The Morgan fingerprint density at radius 3 is 2.82 bits per heavy atom. The number of benzene rings is 1. The number of halogens is 2. The molecule has 1 aromatic rings. The zero-order valence-electron chi connectivity index (χ0n) is 12.2. The molecule has 2 heterocycles. The quantitative estimate of drug-likeness (QED) is 0.908. The van der Waals surface area contributed by atoms with Gasteiger partial charge in [-0.1, -0.05) is 11.6 Å². The third kappa shape index (κ3) is 3.42. The number of rotatable bonds is 2. The summed E-state index contributed by atoms with van der Waals surface area (Å²) in [6.45, 7) is 2.02. The molecule has 1 atom stereocenters. The predicted octanol–water partition coefficient (Wildman–Crippen LogP) is 2.94. The number of carbonyl (C=O) groups excluding carboxylic acids is 1. The first-order chi connectivity index (χ1) is 10.6. The van der Waals surface area contributed by atoms with Crippen molar-refractivity contribution >= 4 is 17.5 Å². The zero-order chi connectivity index (χ0) is 15.6. The summed E-state index contributed by atoms with van der Waals surface area (Å²) in [5, 5.41) is 3.13. The predicted molar refractivity (Wildman–Crippen MR) is 80.6 cm³/mol. The Morgan fingerprint density at radius 2 is 2.09 bits per heavy atom. The lowest BCUT2D eigenvalue weighted by atomic mass is 9.84. The maximum absolute atomic E-state index is 13.1. The first kappa shape index (κ1) is 15.7. The van der Waals surface area contributed by atoms with Crippen LogP contribution in [0.4, 0.5) is 4.39 Å². The van der Waals surface area contributed by atoms with Crippen LogP contribution in [0.2, 0.25) is 5.02 Å². The van der Waals surface area contributed by atoms with Gasteiger partial charge in [0.25, 0.3) is 5.91 Å². The molecule has 2 aliphatic rings. The Balaban J connectivity index is 1.66. The molecule has 3 rings (SSSR count). The van der Waals surface area contributed by atoms with E-state index >= 15 is 0 Å². The minimum atomic E-state index is -0.450. The molecule has 0 bridgehead atoms. The van der Waals surface area contributed by atoms with E-state index in [1.807, 2.05) is 0 Å². The van der Waals surface area contributed by atoms with Gasteiger partial charge in [-0.2, -0.15) is 0 Å². The van der Waals surface area contributed by atoms with E-state index in [1.165, 1.54) is 12.1 Å². The van der Waals surface area contributed by atoms with Crippen molar-refractivity contribution in [1.82, 2.24) is 5.32 Å².